The van der Waals surface area contributed by atoms with Gasteiger partial charge in [-0.05, 0) is 36.4 Å². The number of aromatic nitrogens is 1. The molecule has 2 heterocycles. The molecule has 4 rings (SSSR count). The van der Waals surface area contributed by atoms with Gasteiger partial charge in [0.15, 0.2) is 16.6 Å². The van der Waals surface area contributed by atoms with Crippen LogP contribution >= 0.6 is 34.5 Å². The summed E-state index contributed by atoms with van der Waals surface area (Å²) in [6.07, 6.45) is 0. The van der Waals surface area contributed by atoms with E-state index in [9.17, 15) is 4.79 Å². The van der Waals surface area contributed by atoms with Gasteiger partial charge in [0.2, 0.25) is 0 Å². The number of ether oxygens (including phenoxy) is 2. The normalized spacial score (nSPS) is 12.5. The second-order valence-corrected chi connectivity index (χ2v) is 7.28. The molecule has 138 valence electrons. The summed E-state index contributed by atoms with van der Waals surface area (Å²) < 4.78 is 11.1. The summed E-state index contributed by atoms with van der Waals surface area (Å²) in [7, 11) is 0. The van der Waals surface area contributed by atoms with Crippen molar-refractivity contribution in [3.05, 3.63) is 51.8 Å². The minimum Gasteiger partial charge on any atom is -0.486 e. The van der Waals surface area contributed by atoms with Crippen LogP contribution < -0.4 is 20.1 Å². The molecule has 1 aliphatic heterocycles. The number of carbonyl (C=O) groups is 1. The highest BCUT2D eigenvalue weighted by Crippen LogP contribution is 2.35. The van der Waals surface area contributed by atoms with Crippen LogP contribution in [-0.4, -0.2) is 24.2 Å². The summed E-state index contributed by atoms with van der Waals surface area (Å²) in [5.41, 5.74) is 2.15. The number of hydrogen-bond donors (Lipinski definition) is 2. The number of urea groups is 1. The molecule has 0 saturated heterocycles. The van der Waals surface area contributed by atoms with Crippen molar-refractivity contribution in [2.75, 3.05) is 23.8 Å². The number of halogens is 2. The first-order valence-electron chi connectivity index (χ1n) is 7.97. The van der Waals surface area contributed by atoms with Crippen LogP contribution in [0.4, 0.5) is 15.6 Å². The number of nitrogens with zero attached hydrogens (tertiary/aromatic N) is 1. The minimum atomic E-state index is -0.420. The van der Waals surface area contributed by atoms with Crippen LogP contribution in [0, 0.1) is 0 Å². The summed E-state index contributed by atoms with van der Waals surface area (Å²) in [5.74, 6) is 1.42. The molecule has 0 aliphatic carbocycles. The van der Waals surface area contributed by atoms with Crippen molar-refractivity contribution in [1.82, 2.24) is 4.98 Å². The third-order valence-electron chi connectivity index (χ3n) is 3.74. The molecule has 0 bridgehead atoms. The molecule has 0 saturated carbocycles. The van der Waals surface area contributed by atoms with Gasteiger partial charge in [0.1, 0.15) is 13.2 Å². The van der Waals surface area contributed by atoms with E-state index in [1.807, 2.05) is 23.6 Å². The zero-order valence-electron chi connectivity index (χ0n) is 13.8. The maximum atomic E-state index is 12.1. The van der Waals surface area contributed by atoms with Gasteiger partial charge in [-0.2, -0.15) is 0 Å². The molecule has 27 heavy (non-hydrogen) atoms. The minimum absolute atomic E-state index is 0.365. The molecule has 2 N–H and O–H groups in total. The second kappa shape index (κ2) is 7.64. The topological polar surface area (TPSA) is 72.5 Å². The Labute approximate surface area is 169 Å². The highest BCUT2D eigenvalue weighted by atomic mass is 35.5. The SMILES string of the molecule is O=C(Nc1ccc(Cl)c(Cl)c1)Nc1nc(-c2ccc3c(c2)OCCO3)cs1. The zero-order valence-corrected chi connectivity index (χ0v) is 16.1. The molecular formula is C18H13Cl2N3O3S. The number of nitrogens with one attached hydrogen (secondary N) is 2. The molecular weight excluding hydrogens is 409 g/mol. The highest BCUT2D eigenvalue weighted by molar-refractivity contribution is 7.14. The van der Waals surface area contributed by atoms with Crippen molar-refractivity contribution in [3.8, 4) is 22.8 Å². The fraction of sp³-hybridized carbons (Fsp3) is 0.111. The van der Waals surface area contributed by atoms with E-state index >= 15 is 0 Å². The third-order valence-corrected chi connectivity index (χ3v) is 5.24. The summed E-state index contributed by atoms with van der Waals surface area (Å²) in [5, 5.41) is 8.51. The van der Waals surface area contributed by atoms with Crippen molar-refractivity contribution in [1.29, 1.82) is 0 Å². The Bertz CT molecular complexity index is 1010. The Hall–Kier alpha value is -2.48. The molecule has 2 aromatic carbocycles. The Morgan fingerprint density at radius 1 is 1.00 bits per heavy atom. The summed E-state index contributed by atoms with van der Waals surface area (Å²) >= 11 is 13.1. The van der Waals surface area contributed by atoms with Crippen LogP contribution in [0.2, 0.25) is 10.0 Å². The highest BCUT2D eigenvalue weighted by Gasteiger charge is 2.14. The van der Waals surface area contributed by atoms with Gasteiger partial charge in [-0.1, -0.05) is 23.2 Å². The maximum Gasteiger partial charge on any atom is 0.325 e. The molecule has 3 aromatic rings. The molecule has 0 spiro atoms. The Morgan fingerprint density at radius 3 is 2.63 bits per heavy atom. The van der Waals surface area contributed by atoms with Gasteiger partial charge < -0.3 is 14.8 Å². The van der Waals surface area contributed by atoms with Gasteiger partial charge in [-0.15, -0.1) is 11.3 Å². The Kier molecular flexibility index (Phi) is 5.07. The van der Waals surface area contributed by atoms with Gasteiger partial charge in [-0.3, -0.25) is 5.32 Å². The van der Waals surface area contributed by atoms with Crippen molar-refractivity contribution in [2.24, 2.45) is 0 Å². The summed E-state index contributed by atoms with van der Waals surface area (Å²) in [6, 6.07) is 10.1. The molecule has 6 nitrogen and oxygen atoms in total. The van der Waals surface area contributed by atoms with Crippen molar-refractivity contribution < 1.29 is 14.3 Å². The molecule has 9 heteroatoms. The van der Waals surface area contributed by atoms with Gasteiger partial charge in [-0.25, -0.2) is 9.78 Å². The summed E-state index contributed by atoms with van der Waals surface area (Å²) in [4.78, 5) is 16.6. The van der Waals surface area contributed by atoms with Crippen LogP contribution in [0.25, 0.3) is 11.3 Å². The summed E-state index contributed by atoms with van der Waals surface area (Å²) in [6.45, 7) is 1.07. The van der Waals surface area contributed by atoms with Crippen molar-refractivity contribution >= 4 is 51.4 Å². The average molecular weight is 422 g/mol. The lowest BCUT2D eigenvalue weighted by molar-refractivity contribution is 0.171. The molecule has 0 radical (unpaired) electrons. The monoisotopic (exact) mass is 421 g/mol. The number of anilines is 2. The van der Waals surface area contributed by atoms with E-state index in [-0.39, 0.29) is 0 Å². The van der Waals surface area contributed by atoms with Crippen molar-refractivity contribution in [3.63, 3.8) is 0 Å². The number of carbonyl (C=O) groups excluding carboxylic acids is 1. The van der Waals surface area contributed by atoms with Crippen LogP contribution in [0.15, 0.2) is 41.8 Å². The first-order valence-corrected chi connectivity index (χ1v) is 9.61. The van der Waals surface area contributed by atoms with E-state index in [4.69, 9.17) is 32.7 Å². The smallest absolute Gasteiger partial charge is 0.325 e. The quantitative estimate of drug-likeness (QED) is 0.582. The van der Waals surface area contributed by atoms with E-state index in [0.717, 1.165) is 17.0 Å². The third kappa shape index (κ3) is 4.10. The van der Waals surface area contributed by atoms with Crippen LogP contribution in [0.1, 0.15) is 0 Å². The van der Waals surface area contributed by atoms with Gasteiger partial charge in [0.05, 0.1) is 15.7 Å². The van der Waals surface area contributed by atoms with Gasteiger partial charge in [0, 0.05) is 16.6 Å². The predicted molar refractivity (Wildman–Crippen MR) is 108 cm³/mol. The largest absolute Gasteiger partial charge is 0.486 e. The van der Waals surface area contributed by atoms with E-state index in [1.165, 1.54) is 11.3 Å². The lowest BCUT2D eigenvalue weighted by Crippen LogP contribution is -2.19. The predicted octanol–water partition coefficient (Wildman–Crippen LogP) is 5.53. The number of hydrogen-bond acceptors (Lipinski definition) is 5. The Balaban J connectivity index is 1.44. The standard InChI is InChI=1S/C18H13Cl2N3O3S/c19-12-3-2-11(8-13(12)20)21-17(24)23-18-22-14(9-27-18)10-1-4-15-16(7-10)26-6-5-25-15/h1-4,7-9H,5-6H2,(H2,21,22,23,24). The number of benzene rings is 2. The van der Waals surface area contributed by atoms with Gasteiger partial charge >= 0.3 is 6.03 Å². The van der Waals surface area contributed by atoms with Crippen LogP contribution in [0.3, 0.4) is 0 Å². The van der Waals surface area contributed by atoms with Gasteiger partial charge in [0.25, 0.3) is 0 Å². The molecule has 0 fully saturated rings. The fourth-order valence-corrected chi connectivity index (χ4v) is 3.51. The Morgan fingerprint density at radius 2 is 1.81 bits per heavy atom. The van der Waals surface area contributed by atoms with E-state index in [2.05, 4.69) is 15.6 Å². The zero-order chi connectivity index (χ0) is 18.8. The van der Waals surface area contributed by atoms with E-state index in [0.29, 0.717) is 39.8 Å². The van der Waals surface area contributed by atoms with E-state index < -0.39 is 6.03 Å². The molecule has 0 unspecified atom stereocenters. The molecule has 2 amide bonds. The fourth-order valence-electron chi connectivity index (χ4n) is 2.50. The second-order valence-electron chi connectivity index (χ2n) is 5.60. The lowest BCUT2D eigenvalue weighted by Gasteiger charge is -2.18. The maximum absolute atomic E-state index is 12.1. The first kappa shape index (κ1) is 17.9. The van der Waals surface area contributed by atoms with Crippen LogP contribution in [0.5, 0.6) is 11.5 Å². The molecule has 1 aromatic heterocycles. The molecule has 1 aliphatic rings. The number of amides is 2. The van der Waals surface area contributed by atoms with Crippen LogP contribution in [-0.2, 0) is 0 Å². The first-order chi connectivity index (χ1) is 13.1. The average Bonchev–Trinajstić information content (AvgIpc) is 3.12. The lowest BCUT2D eigenvalue weighted by atomic mass is 10.1. The van der Waals surface area contributed by atoms with Crippen molar-refractivity contribution in [2.45, 2.75) is 0 Å². The van der Waals surface area contributed by atoms with E-state index in [1.54, 1.807) is 18.2 Å². The number of fused-ring (bicyclic) bond motifs is 1. The number of rotatable bonds is 3. The number of thiazole rings is 1. The molecule has 0 atom stereocenters.